The molecule has 128 valence electrons. The van der Waals surface area contributed by atoms with E-state index in [1.54, 1.807) is 0 Å². The molecule has 0 fully saturated rings. The topological polar surface area (TPSA) is 240 Å². The van der Waals surface area contributed by atoms with Gasteiger partial charge in [-0.2, -0.15) is 25.3 Å². The molecule has 0 rings (SSSR count). The Hall–Kier alpha value is -0.320. The molecule has 0 spiro atoms. The zero-order valence-electron chi connectivity index (χ0n) is 9.03. The molecule has 0 aliphatic rings. The second kappa shape index (κ2) is 7.30. The largest absolute Gasteiger partial charge is 0.750 e. The highest BCUT2D eigenvalue weighted by Gasteiger charge is 2.37. The van der Waals surface area contributed by atoms with E-state index < -0.39 is 55.1 Å². The van der Waals surface area contributed by atoms with Crippen molar-refractivity contribution in [3.63, 3.8) is 0 Å². The molecule has 2 atom stereocenters. The Labute approximate surface area is 120 Å². The maximum absolute atomic E-state index is 10.4. The zero-order chi connectivity index (χ0) is 17.1. The SMILES string of the molecule is O=S([O-])OC(OS(=O)(=O)O)C(OS(=O)(=O)O)OS(=O)(=O)O. The summed E-state index contributed by atoms with van der Waals surface area (Å²) in [6, 6.07) is 0. The van der Waals surface area contributed by atoms with Crippen molar-refractivity contribution in [2.24, 2.45) is 0 Å². The van der Waals surface area contributed by atoms with E-state index >= 15 is 0 Å². The summed E-state index contributed by atoms with van der Waals surface area (Å²) in [5.41, 5.74) is 0. The van der Waals surface area contributed by atoms with Crippen molar-refractivity contribution in [2.75, 3.05) is 0 Å². The van der Waals surface area contributed by atoms with Gasteiger partial charge in [0.25, 0.3) is 0 Å². The normalized spacial score (nSPS) is 16.8. The zero-order valence-corrected chi connectivity index (χ0v) is 12.3. The van der Waals surface area contributed by atoms with Crippen LogP contribution in [0.15, 0.2) is 0 Å². The first-order chi connectivity index (χ1) is 9.09. The first-order valence-electron chi connectivity index (χ1n) is 3.82. The van der Waals surface area contributed by atoms with Crippen molar-refractivity contribution in [1.29, 1.82) is 0 Å². The molecule has 21 heavy (non-hydrogen) atoms. The minimum Gasteiger partial charge on any atom is -0.750 e. The van der Waals surface area contributed by atoms with E-state index in [0.717, 1.165) is 0 Å². The molecule has 0 aliphatic heterocycles. The third-order valence-corrected chi connectivity index (χ3v) is 2.69. The molecule has 0 aromatic carbocycles. The van der Waals surface area contributed by atoms with Crippen molar-refractivity contribution >= 4 is 42.6 Å². The molecule has 0 heterocycles. The van der Waals surface area contributed by atoms with Crippen LogP contribution >= 0.6 is 0 Å². The highest BCUT2D eigenvalue weighted by molar-refractivity contribution is 7.81. The van der Waals surface area contributed by atoms with Crippen LogP contribution in [0.25, 0.3) is 0 Å². The maximum atomic E-state index is 10.4. The maximum Gasteiger partial charge on any atom is 0.400 e. The van der Waals surface area contributed by atoms with Gasteiger partial charge in [-0.25, -0.2) is 16.8 Å². The predicted molar refractivity (Wildman–Crippen MR) is 55.5 cm³/mol. The molecule has 0 aromatic heterocycles. The third kappa shape index (κ3) is 12.0. The molecular weight excluding hydrogens is 392 g/mol. The second-order valence-corrected chi connectivity index (χ2v) is 6.35. The van der Waals surface area contributed by atoms with Gasteiger partial charge < -0.3 is 4.55 Å². The molecule has 0 amide bonds. The van der Waals surface area contributed by atoms with Gasteiger partial charge in [-0.3, -0.25) is 17.8 Å². The van der Waals surface area contributed by atoms with E-state index in [1.165, 1.54) is 0 Å². The Balaban J connectivity index is 5.58. The van der Waals surface area contributed by atoms with Crippen LogP contribution < -0.4 is 0 Å². The van der Waals surface area contributed by atoms with Gasteiger partial charge in [-0.05, 0) is 0 Å². The molecule has 0 saturated heterocycles. The molecule has 3 N–H and O–H groups in total. The summed E-state index contributed by atoms with van der Waals surface area (Å²) in [4.78, 5) is 0. The average molecular weight is 397 g/mol. The molecule has 0 bridgehead atoms. The van der Waals surface area contributed by atoms with Crippen LogP contribution in [0.4, 0.5) is 0 Å². The molecule has 0 saturated carbocycles. The van der Waals surface area contributed by atoms with Crippen LogP contribution in [0.5, 0.6) is 0 Å². The number of rotatable bonds is 9. The molecule has 0 aromatic rings. The summed E-state index contributed by atoms with van der Waals surface area (Å²) in [5.74, 6) is 0. The van der Waals surface area contributed by atoms with Crippen molar-refractivity contribution < 1.29 is 64.4 Å². The van der Waals surface area contributed by atoms with E-state index in [9.17, 15) is 34.0 Å². The smallest absolute Gasteiger partial charge is 0.400 e. The number of hydrogen-bond acceptors (Lipinski definition) is 12. The predicted octanol–water partition coefficient (Wildman–Crippen LogP) is -3.09. The summed E-state index contributed by atoms with van der Waals surface area (Å²) in [6.45, 7) is 0. The highest BCUT2D eigenvalue weighted by atomic mass is 32.3. The molecular formula is C2H5O15S4-. The lowest BCUT2D eigenvalue weighted by Gasteiger charge is -2.22. The molecule has 2 unspecified atom stereocenters. The molecule has 19 heteroatoms. The minimum atomic E-state index is -5.57. The molecule has 0 aliphatic carbocycles. The molecule has 15 nitrogen and oxygen atoms in total. The van der Waals surface area contributed by atoms with Crippen molar-refractivity contribution in [3.8, 4) is 0 Å². The van der Waals surface area contributed by atoms with Crippen LogP contribution in [-0.2, 0) is 59.3 Å². The summed E-state index contributed by atoms with van der Waals surface area (Å²) >= 11 is -3.67. The van der Waals surface area contributed by atoms with E-state index in [0.29, 0.717) is 0 Å². The lowest BCUT2D eigenvalue weighted by molar-refractivity contribution is -0.155. The van der Waals surface area contributed by atoms with Gasteiger partial charge in [0.05, 0.1) is 11.4 Å². The monoisotopic (exact) mass is 397 g/mol. The fourth-order valence-corrected chi connectivity index (χ4v) is 2.14. The van der Waals surface area contributed by atoms with Crippen molar-refractivity contribution in [3.05, 3.63) is 0 Å². The van der Waals surface area contributed by atoms with E-state index in [4.69, 9.17) is 13.7 Å². The van der Waals surface area contributed by atoms with Gasteiger partial charge in [-0.15, -0.1) is 0 Å². The van der Waals surface area contributed by atoms with Gasteiger partial charge in [0, 0.05) is 0 Å². The fourth-order valence-electron chi connectivity index (χ4n) is 0.651. The van der Waals surface area contributed by atoms with Gasteiger partial charge in [-0.1, -0.05) is 0 Å². The Bertz CT molecular complexity index is 631. The highest BCUT2D eigenvalue weighted by Crippen LogP contribution is 2.15. The average Bonchev–Trinajstić information content (AvgIpc) is 2.07. The summed E-state index contributed by atoms with van der Waals surface area (Å²) in [7, 11) is -16.7. The quantitative estimate of drug-likeness (QED) is 0.198. The summed E-state index contributed by atoms with van der Waals surface area (Å²) < 4.78 is 121. The lowest BCUT2D eigenvalue weighted by Crippen LogP contribution is -2.40. The Morgan fingerprint density at radius 1 is 0.762 bits per heavy atom. The summed E-state index contributed by atoms with van der Waals surface area (Å²) in [5, 5.41) is 0. The fraction of sp³-hybridized carbons (Fsp3) is 1.00. The Morgan fingerprint density at radius 3 is 1.29 bits per heavy atom. The Kier molecular flexibility index (Phi) is 7.18. The van der Waals surface area contributed by atoms with Crippen LogP contribution in [0.1, 0.15) is 0 Å². The molecule has 0 radical (unpaired) electrons. The van der Waals surface area contributed by atoms with E-state index in [1.807, 2.05) is 0 Å². The van der Waals surface area contributed by atoms with Crippen LogP contribution in [0, 0.1) is 0 Å². The van der Waals surface area contributed by atoms with Crippen LogP contribution in [0.3, 0.4) is 0 Å². The minimum absolute atomic E-state index is 3.11. The van der Waals surface area contributed by atoms with Gasteiger partial charge >= 0.3 is 31.2 Å². The van der Waals surface area contributed by atoms with Crippen molar-refractivity contribution in [1.82, 2.24) is 0 Å². The number of hydrogen-bond donors (Lipinski definition) is 3. The van der Waals surface area contributed by atoms with Crippen molar-refractivity contribution in [2.45, 2.75) is 12.6 Å². The summed E-state index contributed by atoms with van der Waals surface area (Å²) in [6.07, 6.45) is -6.31. The first kappa shape index (κ1) is 20.7. The standard InChI is InChI=1S/C2H6O15S4/c3-18(4)14-1(15-19(5,6)7)2(16-20(8,9)10)17-21(11,12)13/h1-2H,(H,3,4)(H,5,6,7)(H,8,9,10)(H,11,12,13)/p-1. The van der Waals surface area contributed by atoms with E-state index in [2.05, 4.69) is 16.7 Å². The van der Waals surface area contributed by atoms with E-state index in [-0.39, 0.29) is 0 Å². The third-order valence-electron chi connectivity index (χ3n) is 1.04. The Morgan fingerprint density at radius 2 is 1.05 bits per heavy atom. The van der Waals surface area contributed by atoms with Gasteiger partial charge in [0.1, 0.15) is 0 Å². The first-order valence-corrected chi connectivity index (χ1v) is 8.92. The second-order valence-electron chi connectivity index (χ2n) is 2.61. The van der Waals surface area contributed by atoms with Crippen LogP contribution in [0.2, 0.25) is 0 Å². The van der Waals surface area contributed by atoms with Gasteiger partial charge in [0.2, 0.25) is 12.6 Å². The van der Waals surface area contributed by atoms with Gasteiger partial charge in [0.15, 0.2) is 0 Å². The lowest BCUT2D eigenvalue weighted by atomic mass is 10.6. The van der Waals surface area contributed by atoms with Crippen LogP contribution in [-0.4, -0.2) is 60.3 Å².